The van der Waals surface area contributed by atoms with Gasteiger partial charge in [0, 0.05) is 12.3 Å². The second-order valence-electron chi connectivity index (χ2n) is 6.37. The number of rotatable bonds is 6. The molecular weight excluding hydrogens is 246 g/mol. The van der Waals surface area contributed by atoms with Gasteiger partial charge in [-0.15, -0.1) is 0 Å². The molecule has 18 heavy (non-hydrogen) atoms. The van der Waals surface area contributed by atoms with E-state index in [1.54, 1.807) is 0 Å². The van der Waals surface area contributed by atoms with Gasteiger partial charge in [0.2, 0.25) is 0 Å². The molecule has 2 aliphatic rings. The summed E-state index contributed by atoms with van der Waals surface area (Å²) in [6.07, 6.45) is 7.93. The summed E-state index contributed by atoms with van der Waals surface area (Å²) in [6, 6.07) is 0.134. The van der Waals surface area contributed by atoms with E-state index in [-0.39, 0.29) is 11.3 Å². The molecule has 0 spiro atoms. The smallest absolute Gasteiger partial charge is 0.151 e. The molecule has 0 amide bonds. The third kappa shape index (κ3) is 3.08. The van der Waals surface area contributed by atoms with Crippen molar-refractivity contribution >= 4 is 9.84 Å². The summed E-state index contributed by atoms with van der Waals surface area (Å²) >= 11 is 0. The summed E-state index contributed by atoms with van der Waals surface area (Å²) in [4.78, 5) is 0. The molecule has 2 fully saturated rings. The normalized spacial score (nSPS) is 34.7. The lowest BCUT2D eigenvalue weighted by atomic mass is 9.83. The van der Waals surface area contributed by atoms with Gasteiger partial charge in [-0.05, 0) is 56.9 Å². The van der Waals surface area contributed by atoms with Crippen molar-refractivity contribution in [1.82, 2.24) is 5.32 Å². The van der Waals surface area contributed by atoms with Crippen LogP contribution in [0.3, 0.4) is 0 Å². The van der Waals surface area contributed by atoms with Crippen LogP contribution in [0, 0.1) is 17.8 Å². The summed E-state index contributed by atoms with van der Waals surface area (Å²) in [5.74, 6) is 2.58. The quantitative estimate of drug-likeness (QED) is 0.807. The second kappa shape index (κ2) is 5.49. The van der Waals surface area contributed by atoms with Crippen LogP contribution >= 0.6 is 0 Å². The molecule has 3 nitrogen and oxygen atoms in total. The third-order valence-electron chi connectivity index (χ3n) is 5.15. The Balaban J connectivity index is 1.98. The maximum absolute atomic E-state index is 11.7. The zero-order chi connectivity index (χ0) is 13.3. The summed E-state index contributed by atoms with van der Waals surface area (Å²) in [5, 5.41) is 3.13. The van der Waals surface area contributed by atoms with Crippen LogP contribution in [-0.4, -0.2) is 32.5 Å². The monoisotopic (exact) mass is 273 g/mol. The highest BCUT2D eigenvalue weighted by molar-refractivity contribution is 7.91. The van der Waals surface area contributed by atoms with Crippen LogP contribution in [0.1, 0.15) is 46.0 Å². The lowest BCUT2D eigenvalue weighted by Gasteiger charge is -2.30. The van der Waals surface area contributed by atoms with Gasteiger partial charge in [-0.25, -0.2) is 8.42 Å². The molecule has 2 aliphatic carbocycles. The Labute approximate surface area is 112 Å². The summed E-state index contributed by atoms with van der Waals surface area (Å²) in [5.41, 5.74) is 0. The first-order valence-electron chi connectivity index (χ1n) is 7.34. The highest BCUT2D eigenvalue weighted by Crippen LogP contribution is 2.50. The lowest BCUT2D eigenvalue weighted by molar-refractivity contribution is 0.276. The van der Waals surface area contributed by atoms with Gasteiger partial charge in [-0.1, -0.05) is 13.3 Å². The van der Waals surface area contributed by atoms with E-state index in [0.29, 0.717) is 0 Å². The number of hydrogen-bond acceptors (Lipinski definition) is 3. The number of fused-ring (bicyclic) bond motifs is 2. The highest BCUT2D eigenvalue weighted by Gasteiger charge is 2.41. The predicted octanol–water partition coefficient (Wildman–Crippen LogP) is 2.22. The van der Waals surface area contributed by atoms with Crippen molar-refractivity contribution in [2.45, 2.75) is 57.2 Å². The standard InChI is InChI=1S/C14H27NO2S/c1-4-15-14(10(2)18(3,16)17)9-13-8-11-5-6-12(13)7-11/h10-15H,4-9H2,1-3H3. The molecule has 4 heteroatoms. The fourth-order valence-corrected chi connectivity index (χ4v) is 4.80. The molecule has 5 atom stereocenters. The molecular formula is C14H27NO2S. The lowest BCUT2D eigenvalue weighted by Crippen LogP contribution is -2.44. The average molecular weight is 273 g/mol. The Morgan fingerprint density at radius 2 is 2.00 bits per heavy atom. The SMILES string of the molecule is CCNC(CC1CC2CCC1C2)C(C)S(C)(=O)=O. The molecule has 0 radical (unpaired) electrons. The van der Waals surface area contributed by atoms with Crippen molar-refractivity contribution in [1.29, 1.82) is 0 Å². The minimum absolute atomic E-state index is 0.134. The first-order chi connectivity index (χ1) is 8.41. The highest BCUT2D eigenvalue weighted by atomic mass is 32.2. The van der Waals surface area contributed by atoms with Crippen LogP contribution in [0.15, 0.2) is 0 Å². The predicted molar refractivity (Wildman–Crippen MR) is 75.3 cm³/mol. The van der Waals surface area contributed by atoms with Crippen LogP contribution < -0.4 is 5.32 Å². The van der Waals surface area contributed by atoms with Gasteiger partial charge >= 0.3 is 0 Å². The maximum Gasteiger partial charge on any atom is 0.151 e. The Morgan fingerprint density at radius 1 is 1.28 bits per heavy atom. The van der Waals surface area contributed by atoms with Crippen molar-refractivity contribution in [3.05, 3.63) is 0 Å². The molecule has 1 N–H and O–H groups in total. The molecule has 5 unspecified atom stereocenters. The summed E-state index contributed by atoms with van der Waals surface area (Å²) in [6.45, 7) is 4.77. The molecule has 0 aromatic rings. The topological polar surface area (TPSA) is 46.2 Å². The van der Waals surface area contributed by atoms with E-state index in [1.165, 1.54) is 31.9 Å². The van der Waals surface area contributed by atoms with E-state index in [4.69, 9.17) is 0 Å². The van der Waals surface area contributed by atoms with Gasteiger partial charge in [-0.2, -0.15) is 0 Å². The van der Waals surface area contributed by atoms with Crippen LogP contribution in [-0.2, 0) is 9.84 Å². The first kappa shape index (κ1) is 14.3. The van der Waals surface area contributed by atoms with Gasteiger partial charge in [0.1, 0.15) is 0 Å². The Hall–Kier alpha value is -0.0900. The fourth-order valence-electron chi connectivity index (χ4n) is 3.99. The molecule has 2 bridgehead atoms. The molecule has 0 aliphatic heterocycles. The van der Waals surface area contributed by atoms with Crippen molar-refractivity contribution in [2.24, 2.45) is 17.8 Å². The minimum Gasteiger partial charge on any atom is -0.313 e. The Morgan fingerprint density at radius 3 is 2.44 bits per heavy atom. The summed E-state index contributed by atoms with van der Waals surface area (Å²) in [7, 11) is -2.94. The minimum atomic E-state index is -2.94. The molecule has 2 saturated carbocycles. The fraction of sp³-hybridized carbons (Fsp3) is 1.00. The zero-order valence-corrected chi connectivity index (χ0v) is 12.7. The molecule has 0 aromatic carbocycles. The maximum atomic E-state index is 11.7. The van der Waals surface area contributed by atoms with Crippen molar-refractivity contribution < 1.29 is 8.42 Å². The van der Waals surface area contributed by atoms with Gasteiger partial charge < -0.3 is 5.32 Å². The second-order valence-corrected chi connectivity index (χ2v) is 8.77. The van der Waals surface area contributed by atoms with Crippen LogP contribution in [0.25, 0.3) is 0 Å². The van der Waals surface area contributed by atoms with Crippen molar-refractivity contribution in [3.63, 3.8) is 0 Å². The molecule has 0 heterocycles. The Kier molecular flexibility index (Phi) is 4.37. The number of nitrogens with one attached hydrogen (secondary N) is 1. The van der Waals surface area contributed by atoms with Crippen LogP contribution in [0.2, 0.25) is 0 Å². The number of hydrogen-bond donors (Lipinski definition) is 1. The van der Waals surface area contributed by atoms with E-state index in [9.17, 15) is 8.42 Å². The van der Waals surface area contributed by atoms with E-state index >= 15 is 0 Å². The van der Waals surface area contributed by atoms with Crippen LogP contribution in [0.4, 0.5) is 0 Å². The summed E-state index contributed by atoms with van der Waals surface area (Å²) < 4.78 is 23.5. The molecule has 2 rings (SSSR count). The van der Waals surface area contributed by atoms with E-state index in [1.807, 2.05) is 6.92 Å². The number of sulfone groups is 1. The largest absolute Gasteiger partial charge is 0.313 e. The van der Waals surface area contributed by atoms with Gasteiger partial charge in [0.25, 0.3) is 0 Å². The Bertz CT molecular complexity index is 379. The van der Waals surface area contributed by atoms with Crippen LogP contribution in [0.5, 0.6) is 0 Å². The van der Waals surface area contributed by atoms with Crippen molar-refractivity contribution in [3.8, 4) is 0 Å². The van der Waals surface area contributed by atoms with E-state index in [0.717, 1.165) is 30.7 Å². The molecule has 0 saturated heterocycles. The third-order valence-corrected chi connectivity index (χ3v) is 6.83. The van der Waals surface area contributed by atoms with Crippen molar-refractivity contribution in [2.75, 3.05) is 12.8 Å². The van der Waals surface area contributed by atoms with E-state index in [2.05, 4.69) is 12.2 Å². The van der Waals surface area contributed by atoms with E-state index < -0.39 is 9.84 Å². The molecule has 106 valence electrons. The van der Waals surface area contributed by atoms with Gasteiger partial charge in [0.05, 0.1) is 5.25 Å². The molecule has 0 aromatic heterocycles. The zero-order valence-electron chi connectivity index (χ0n) is 11.9. The van der Waals surface area contributed by atoms with Gasteiger partial charge in [0.15, 0.2) is 9.84 Å². The average Bonchev–Trinajstić information content (AvgIpc) is 2.88. The first-order valence-corrected chi connectivity index (χ1v) is 9.29. The van der Waals surface area contributed by atoms with Gasteiger partial charge in [-0.3, -0.25) is 0 Å².